The highest BCUT2D eigenvalue weighted by Gasteiger charge is 2.16. The Kier molecular flexibility index (Phi) is 4.83. The summed E-state index contributed by atoms with van der Waals surface area (Å²) < 4.78 is 25.9. The molecule has 1 amide bonds. The summed E-state index contributed by atoms with van der Waals surface area (Å²) in [4.78, 5) is 11.0. The highest BCUT2D eigenvalue weighted by atomic mass is 32.2. The minimum absolute atomic E-state index is 0.0183. The molecule has 7 heteroatoms. The van der Waals surface area contributed by atoms with Crippen molar-refractivity contribution in [3.05, 3.63) is 29.8 Å². The molecule has 0 heterocycles. The van der Waals surface area contributed by atoms with E-state index >= 15 is 0 Å². The SMILES string of the molecule is CNC(=O)CNS(=O)(=O)c1cccc(C(C)O)c1. The van der Waals surface area contributed by atoms with Gasteiger partial charge in [0, 0.05) is 7.05 Å². The molecule has 0 aromatic heterocycles. The number of nitrogens with one attached hydrogen (secondary N) is 2. The third-order valence-electron chi connectivity index (χ3n) is 2.35. The van der Waals surface area contributed by atoms with Crippen LogP contribution in [0.25, 0.3) is 0 Å². The molecule has 0 saturated heterocycles. The van der Waals surface area contributed by atoms with Crippen LogP contribution in [-0.4, -0.2) is 33.0 Å². The van der Waals surface area contributed by atoms with Crippen molar-refractivity contribution in [2.24, 2.45) is 0 Å². The number of amides is 1. The topological polar surface area (TPSA) is 95.5 Å². The minimum Gasteiger partial charge on any atom is -0.389 e. The first-order chi connectivity index (χ1) is 8.36. The summed E-state index contributed by atoms with van der Waals surface area (Å²) in [5.41, 5.74) is 0.498. The zero-order chi connectivity index (χ0) is 13.8. The molecular weight excluding hydrogens is 256 g/mol. The molecule has 0 bridgehead atoms. The fourth-order valence-corrected chi connectivity index (χ4v) is 2.31. The minimum atomic E-state index is -3.74. The van der Waals surface area contributed by atoms with Crippen molar-refractivity contribution in [1.29, 1.82) is 0 Å². The Bertz CT molecular complexity index is 526. The van der Waals surface area contributed by atoms with Gasteiger partial charge in [0.25, 0.3) is 0 Å². The van der Waals surface area contributed by atoms with Crippen LogP contribution in [0.3, 0.4) is 0 Å². The second-order valence-corrected chi connectivity index (χ2v) is 5.51. The fourth-order valence-electron chi connectivity index (χ4n) is 1.27. The normalized spacial score (nSPS) is 13.1. The third-order valence-corrected chi connectivity index (χ3v) is 3.75. The number of carbonyl (C=O) groups is 1. The summed E-state index contributed by atoms with van der Waals surface area (Å²) in [6.45, 7) is 1.22. The summed E-state index contributed by atoms with van der Waals surface area (Å²) in [5.74, 6) is -0.426. The number of sulfonamides is 1. The Morgan fingerprint density at radius 3 is 2.67 bits per heavy atom. The lowest BCUT2D eigenvalue weighted by Gasteiger charge is -2.09. The van der Waals surface area contributed by atoms with E-state index in [9.17, 15) is 18.3 Å². The number of hydrogen-bond donors (Lipinski definition) is 3. The maximum Gasteiger partial charge on any atom is 0.241 e. The number of benzene rings is 1. The zero-order valence-corrected chi connectivity index (χ0v) is 11.0. The van der Waals surface area contributed by atoms with Gasteiger partial charge in [-0.3, -0.25) is 4.79 Å². The molecule has 0 aliphatic rings. The van der Waals surface area contributed by atoms with Gasteiger partial charge in [-0.1, -0.05) is 12.1 Å². The molecule has 0 radical (unpaired) electrons. The first-order valence-electron chi connectivity index (χ1n) is 5.35. The van der Waals surface area contributed by atoms with Crippen LogP contribution in [0.1, 0.15) is 18.6 Å². The summed E-state index contributed by atoms with van der Waals surface area (Å²) in [7, 11) is -2.32. The van der Waals surface area contributed by atoms with Gasteiger partial charge in [0.2, 0.25) is 15.9 Å². The maximum atomic E-state index is 11.9. The maximum absolute atomic E-state index is 11.9. The molecule has 1 aromatic carbocycles. The van der Waals surface area contributed by atoms with E-state index in [1.807, 2.05) is 0 Å². The molecule has 1 aromatic rings. The van der Waals surface area contributed by atoms with Gasteiger partial charge in [-0.25, -0.2) is 13.1 Å². The molecule has 1 atom stereocenters. The summed E-state index contributed by atoms with van der Waals surface area (Å²) in [5, 5.41) is 11.7. The van der Waals surface area contributed by atoms with Crippen molar-refractivity contribution in [1.82, 2.24) is 10.0 Å². The average molecular weight is 272 g/mol. The highest BCUT2D eigenvalue weighted by Crippen LogP contribution is 2.16. The third kappa shape index (κ3) is 3.80. The molecular formula is C11H16N2O4S. The number of carbonyl (C=O) groups excluding carboxylic acids is 1. The van der Waals surface area contributed by atoms with Crippen LogP contribution >= 0.6 is 0 Å². The first-order valence-corrected chi connectivity index (χ1v) is 6.83. The monoisotopic (exact) mass is 272 g/mol. The van der Waals surface area contributed by atoms with Crippen LogP contribution in [0.5, 0.6) is 0 Å². The lowest BCUT2D eigenvalue weighted by Crippen LogP contribution is -2.35. The van der Waals surface area contributed by atoms with Crippen LogP contribution in [0, 0.1) is 0 Å². The Hall–Kier alpha value is -1.44. The Morgan fingerprint density at radius 2 is 2.11 bits per heavy atom. The molecule has 0 saturated carbocycles. The van der Waals surface area contributed by atoms with Crippen LogP contribution in [0.2, 0.25) is 0 Å². The molecule has 100 valence electrons. The number of aliphatic hydroxyl groups is 1. The predicted octanol–water partition coefficient (Wildman–Crippen LogP) is -0.236. The van der Waals surface area contributed by atoms with Gasteiger partial charge in [-0.2, -0.15) is 0 Å². The summed E-state index contributed by atoms with van der Waals surface area (Å²) in [6.07, 6.45) is -0.751. The van der Waals surface area contributed by atoms with Gasteiger partial charge < -0.3 is 10.4 Å². The van der Waals surface area contributed by atoms with Crippen molar-refractivity contribution in [2.75, 3.05) is 13.6 Å². The van der Waals surface area contributed by atoms with E-state index in [0.29, 0.717) is 5.56 Å². The molecule has 18 heavy (non-hydrogen) atoms. The van der Waals surface area contributed by atoms with E-state index in [4.69, 9.17) is 0 Å². The molecule has 0 fully saturated rings. The van der Waals surface area contributed by atoms with Crippen LogP contribution in [-0.2, 0) is 14.8 Å². The summed E-state index contributed by atoms with van der Waals surface area (Å²) in [6, 6.07) is 5.94. The van der Waals surface area contributed by atoms with E-state index in [2.05, 4.69) is 10.0 Å². The predicted molar refractivity (Wildman–Crippen MR) is 66.3 cm³/mol. The standard InChI is InChI=1S/C11H16N2O4S/c1-8(14)9-4-3-5-10(6-9)18(16,17)13-7-11(15)12-2/h3-6,8,13-14H,7H2,1-2H3,(H,12,15). The van der Waals surface area contributed by atoms with E-state index in [1.54, 1.807) is 13.0 Å². The molecule has 1 rings (SSSR count). The lowest BCUT2D eigenvalue weighted by atomic mass is 10.1. The molecule has 3 N–H and O–H groups in total. The van der Waals surface area contributed by atoms with Gasteiger partial charge >= 0.3 is 0 Å². The Morgan fingerprint density at radius 1 is 1.44 bits per heavy atom. The van der Waals surface area contributed by atoms with E-state index < -0.39 is 22.0 Å². The quantitative estimate of drug-likeness (QED) is 0.689. The summed E-state index contributed by atoms with van der Waals surface area (Å²) >= 11 is 0. The second-order valence-electron chi connectivity index (χ2n) is 3.75. The smallest absolute Gasteiger partial charge is 0.241 e. The van der Waals surface area contributed by atoms with E-state index in [-0.39, 0.29) is 11.4 Å². The Balaban J connectivity index is 2.91. The van der Waals surface area contributed by atoms with Gasteiger partial charge in [-0.15, -0.1) is 0 Å². The Labute approximate surface area is 106 Å². The van der Waals surface area contributed by atoms with Crippen molar-refractivity contribution in [2.45, 2.75) is 17.9 Å². The molecule has 1 unspecified atom stereocenters. The largest absolute Gasteiger partial charge is 0.389 e. The molecule has 0 spiro atoms. The number of aliphatic hydroxyl groups excluding tert-OH is 1. The van der Waals surface area contributed by atoms with Crippen molar-refractivity contribution in [3.8, 4) is 0 Å². The van der Waals surface area contributed by atoms with Crippen LogP contribution in [0.4, 0.5) is 0 Å². The highest BCUT2D eigenvalue weighted by molar-refractivity contribution is 7.89. The fraction of sp³-hybridized carbons (Fsp3) is 0.364. The first kappa shape index (κ1) is 14.6. The number of hydrogen-bond acceptors (Lipinski definition) is 4. The van der Waals surface area contributed by atoms with Crippen molar-refractivity contribution < 1.29 is 18.3 Å². The second kappa shape index (κ2) is 5.94. The van der Waals surface area contributed by atoms with Crippen molar-refractivity contribution in [3.63, 3.8) is 0 Å². The molecule has 6 nitrogen and oxygen atoms in total. The van der Waals surface area contributed by atoms with Crippen LogP contribution < -0.4 is 10.0 Å². The molecule has 0 aliphatic carbocycles. The van der Waals surface area contributed by atoms with E-state index in [1.165, 1.54) is 25.2 Å². The van der Waals surface area contributed by atoms with Gasteiger partial charge in [0.05, 0.1) is 17.5 Å². The van der Waals surface area contributed by atoms with Gasteiger partial charge in [-0.05, 0) is 24.6 Å². The van der Waals surface area contributed by atoms with Crippen LogP contribution in [0.15, 0.2) is 29.2 Å². The zero-order valence-electron chi connectivity index (χ0n) is 10.2. The lowest BCUT2D eigenvalue weighted by molar-refractivity contribution is -0.119. The van der Waals surface area contributed by atoms with E-state index in [0.717, 1.165) is 0 Å². The van der Waals surface area contributed by atoms with Crippen molar-refractivity contribution >= 4 is 15.9 Å². The number of likely N-dealkylation sites (N-methyl/N-ethyl adjacent to an activating group) is 1. The number of rotatable bonds is 5. The van der Waals surface area contributed by atoms with Gasteiger partial charge in [0.15, 0.2) is 0 Å². The van der Waals surface area contributed by atoms with Gasteiger partial charge in [0.1, 0.15) is 0 Å². The molecule has 0 aliphatic heterocycles. The average Bonchev–Trinajstić information content (AvgIpc) is 2.36.